The molecule has 2 rings (SSSR count). The summed E-state index contributed by atoms with van der Waals surface area (Å²) in [6.45, 7) is 3.90. The van der Waals surface area contributed by atoms with E-state index in [0.717, 1.165) is 21.8 Å². The molecule has 88 valence electrons. The normalized spacial score (nSPS) is 10.3. The second-order valence-electron chi connectivity index (χ2n) is 3.95. The minimum atomic E-state index is 0.0863. The fourth-order valence-corrected chi connectivity index (χ4v) is 2.64. The van der Waals surface area contributed by atoms with E-state index in [0.29, 0.717) is 5.56 Å². The maximum Gasteiger partial charge on any atom is 0.203 e. The third-order valence-corrected chi connectivity index (χ3v) is 3.74. The molecule has 2 nitrogen and oxygen atoms in total. The molecule has 0 bridgehead atoms. The first-order chi connectivity index (χ1) is 8.13. The summed E-state index contributed by atoms with van der Waals surface area (Å²) in [6, 6.07) is 7.49. The van der Waals surface area contributed by atoms with Crippen molar-refractivity contribution in [2.24, 2.45) is 0 Å². The second-order valence-corrected chi connectivity index (χ2v) is 4.86. The third kappa shape index (κ3) is 2.24. The quantitative estimate of drug-likeness (QED) is 0.773. The summed E-state index contributed by atoms with van der Waals surface area (Å²) in [5.74, 6) is 0.896. The fourth-order valence-electron chi connectivity index (χ4n) is 1.76. The molecule has 0 saturated heterocycles. The summed E-state index contributed by atoms with van der Waals surface area (Å²) in [4.78, 5) is 13.1. The van der Waals surface area contributed by atoms with Crippen molar-refractivity contribution >= 4 is 17.1 Å². The second kappa shape index (κ2) is 4.72. The van der Waals surface area contributed by atoms with Gasteiger partial charge in [0.15, 0.2) is 0 Å². The SMILES string of the molecule is COc1ccc(C(=O)c2sccc2C)cc1C. The van der Waals surface area contributed by atoms with Crippen molar-refractivity contribution in [3.8, 4) is 5.75 Å². The Bertz CT molecular complexity index is 555. The number of methoxy groups -OCH3 is 1. The van der Waals surface area contributed by atoms with Crippen molar-refractivity contribution in [1.29, 1.82) is 0 Å². The molecule has 1 aromatic carbocycles. The van der Waals surface area contributed by atoms with Crippen LogP contribution < -0.4 is 4.74 Å². The molecule has 0 unspecified atom stereocenters. The van der Waals surface area contributed by atoms with Crippen molar-refractivity contribution in [3.05, 3.63) is 51.2 Å². The number of rotatable bonds is 3. The number of ether oxygens (including phenoxy) is 1. The maximum absolute atomic E-state index is 12.2. The van der Waals surface area contributed by atoms with E-state index in [9.17, 15) is 4.79 Å². The van der Waals surface area contributed by atoms with Crippen molar-refractivity contribution in [3.63, 3.8) is 0 Å². The van der Waals surface area contributed by atoms with E-state index in [2.05, 4.69) is 0 Å². The summed E-state index contributed by atoms with van der Waals surface area (Å²) in [5, 5.41) is 1.94. The molecular formula is C14H14O2S. The van der Waals surface area contributed by atoms with Gasteiger partial charge in [0.25, 0.3) is 0 Å². The van der Waals surface area contributed by atoms with Gasteiger partial charge in [0.1, 0.15) is 5.75 Å². The molecule has 0 fully saturated rings. The number of aryl methyl sites for hydroxylation is 2. The van der Waals surface area contributed by atoms with Gasteiger partial charge in [-0.3, -0.25) is 4.79 Å². The van der Waals surface area contributed by atoms with Gasteiger partial charge >= 0.3 is 0 Å². The molecule has 0 aliphatic carbocycles. The summed E-state index contributed by atoms with van der Waals surface area (Å²) in [6.07, 6.45) is 0. The molecule has 1 heterocycles. The smallest absolute Gasteiger partial charge is 0.203 e. The van der Waals surface area contributed by atoms with E-state index in [1.807, 2.05) is 43.5 Å². The summed E-state index contributed by atoms with van der Waals surface area (Å²) in [5.41, 5.74) is 2.73. The number of hydrogen-bond donors (Lipinski definition) is 0. The number of hydrogen-bond acceptors (Lipinski definition) is 3. The summed E-state index contributed by atoms with van der Waals surface area (Å²) < 4.78 is 5.19. The van der Waals surface area contributed by atoms with Crippen molar-refractivity contribution in [2.45, 2.75) is 13.8 Å². The Balaban J connectivity index is 2.39. The highest BCUT2D eigenvalue weighted by atomic mass is 32.1. The highest BCUT2D eigenvalue weighted by Gasteiger charge is 2.14. The Morgan fingerprint density at radius 2 is 1.94 bits per heavy atom. The van der Waals surface area contributed by atoms with Crippen LogP contribution in [-0.4, -0.2) is 12.9 Å². The largest absolute Gasteiger partial charge is 0.496 e. The summed E-state index contributed by atoms with van der Waals surface area (Å²) in [7, 11) is 1.63. The zero-order valence-corrected chi connectivity index (χ0v) is 10.9. The van der Waals surface area contributed by atoms with Gasteiger partial charge < -0.3 is 4.74 Å². The van der Waals surface area contributed by atoms with Gasteiger partial charge in [-0.05, 0) is 54.6 Å². The molecule has 0 N–H and O–H groups in total. The highest BCUT2D eigenvalue weighted by Crippen LogP contribution is 2.23. The molecule has 1 aromatic heterocycles. The lowest BCUT2D eigenvalue weighted by molar-refractivity contribution is 0.104. The molecule has 3 heteroatoms. The molecule has 17 heavy (non-hydrogen) atoms. The topological polar surface area (TPSA) is 26.3 Å². The van der Waals surface area contributed by atoms with Crippen LogP contribution in [0.4, 0.5) is 0 Å². The molecule has 0 aliphatic rings. The first-order valence-electron chi connectivity index (χ1n) is 5.37. The van der Waals surface area contributed by atoms with Gasteiger partial charge in [0.2, 0.25) is 5.78 Å². The summed E-state index contributed by atoms with van der Waals surface area (Å²) >= 11 is 1.49. The van der Waals surface area contributed by atoms with Gasteiger partial charge in [0, 0.05) is 5.56 Å². The number of carbonyl (C=O) groups is 1. The zero-order chi connectivity index (χ0) is 12.4. The van der Waals surface area contributed by atoms with Gasteiger partial charge in [-0.25, -0.2) is 0 Å². The average molecular weight is 246 g/mol. The first-order valence-corrected chi connectivity index (χ1v) is 6.25. The minimum Gasteiger partial charge on any atom is -0.496 e. The molecule has 0 saturated carbocycles. The van der Waals surface area contributed by atoms with E-state index < -0.39 is 0 Å². The van der Waals surface area contributed by atoms with Crippen LogP contribution in [0.5, 0.6) is 5.75 Å². The Morgan fingerprint density at radius 1 is 1.18 bits per heavy atom. The minimum absolute atomic E-state index is 0.0863. The first kappa shape index (κ1) is 11.9. The van der Waals surface area contributed by atoms with Crippen LogP contribution in [0.25, 0.3) is 0 Å². The van der Waals surface area contributed by atoms with E-state index in [-0.39, 0.29) is 5.78 Å². The Morgan fingerprint density at radius 3 is 2.47 bits per heavy atom. The van der Waals surface area contributed by atoms with Crippen LogP contribution in [0, 0.1) is 13.8 Å². The Kier molecular flexibility index (Phi) is 3.29. The van der Waals surface area contributed by atoms with E-state index in [4.69, 9.17) is 4.74 Å². The number of benzene rings is 1. The third-order valence-electron chi connectivity index (χ3n) is 2.73. The predicted octanol–water partition coefficient (Wildman–Crippen LogP) is 3.60. The highest BCUT2D eigenvalue weighted by molar-refractivity contribution is 7.12. The van der Waals surface area contributed by atoms with Crippen LogP contribution in [0.2, 0.25) is 0 Å². The monoisotopic (exact) mass is 246 g/mol. The Labute approximate surface area is 105 Å². The average Bonchev–Trinajstić information content (AvgIpc) is 2.74. The number of thiophene rings is 1. The zero-order valence-electron chi connectivity index (χ0n) is 10.1. The number of carbonyl (C=O) groups excluding carboxylic acids is 1. The Hall–Kier alpha value is -1.61. The van der Waals surface area contributed by atoms with Gasteiger partial charge in [-0.1, -0.05) is 0 Å². The number of ketones is 1. The molecule has 2 aromatic rings. The molecule has 0 radical (unpaired) electrons. The molecule has 0 amide bonds. The van der Waals surface area contributed by atoms with Crippen molar-refractivity contribution < 1.29 is 9.53 Å². The van der Waals surface area contributed by atoms with Crippen molar-refractivity contribution in [1.82, 2.24) is 0 Å². The van der Waals surface area contributed by atoms with Crippen LogP contribution in [-0.2, 0) is 0 Å². The molecule has 0 spiro atoms. The van der Waals surface area contributed by atoms with Gasteiger partial charge in [-0.2, -0.15) is 0 Å². The molecule has 0 aliphatic heterocycles. The standard InChI is InChI=1S/C14H14O2S/c1-9-6-7-17-14(9)13(15)11-4-5-12(16-3)10(2)8-11/h4-8H,1-3H3. The predicted molar refractivity (Wildman–Crippen MR) is 70.2 cm³/mol. The van der Waals surface area contributed by atoms with E-state index in [1.54, 1.807) is 7.11 Å². The van der Waals surface area contributed by atoms with Crippen LogP contribution in [0.1, 0.15) is 26.4 Å². The maximum atomic E-state index is 12.2. The lowest BCUT2D eigenvalue weighted by Crippen LogP contribution is -2.01. The van der Waals surface area contributed by atoms with Crippen LogP contribution >= 0.6 is 11.3 Å². The van der Waals surface area contributed by atoms with E-state index >= 15 is 0 Å². The lowest BCUT2D eigenvalue weighted by Gasteiger charge is -2.06. The fraction of sp³-hybridized carbons (Fsp3) is 0.214. The van der Waals surface area contributed by atoms with Gasteiger partial charge in [-0.15, -0.1) is 11.3 Å². The molecular weight excluding hydrogens is 232 g/mol. The van der Waals surface area contributed by atoms with Crippen LogP contribution in [0.3, 0.4) is 0 Å². The van der Waals surface area contributed by atoms with E-state index in [1.165, 1.54) is 11.3 Å². The lowest BCUT2D eigenvalue weighted by atomic mass is 10.0. The molecule has 0 atom stereocenters. The van der Waals surface area contributed by atoms with Crippen molar-refractivity contribution in [2.75, 3.05) is 7.11 Å². The van der Waals surface area contributed by atoms with Gasteiger partial charge in [0.05, 0.1) is 12.0 Å². The van der Waals surface area contributed by atoms with Crippen LogP contribution in [0.15, 0.2) is 29.6 Å².